The van der Waals surface area contributed by atoms with Gasteiger partial charge >= 0.3 is 0 Å². The van der Waals surface area contributed by atoms with E-state index in [4.69, 9.17) is 11.6 Å². The third-order valence-corrected chi connectivity index (χ3v) is 3.78. The molecule has 0 radical (unpaired) electrons. The fourth-order valence-corrected chi connectivity index (χ4v) is 1.21. The van der Waals surface area contributed by atoms with Crippen molar-refractivity contribution in [3.05, 3.63) is 0 Å². The van der Waals surface area contributed by atoms with Crippen molar-refractivity contribution >= 4 is 11.6 Å². The fraction of sp³-hybridized carbons (Fsp3) is 1.00. The average molecular weight is 230 g/mol. The minimum Gasteiger partial charge on any atom is -1.00 e. The lowest BCUT2D eigenvalue weighted by Gasteiger charge is -2.49. The Morgan fingerprint density at radius 3 is 1.54 bits per heavy atom. The minimum atomic E-state index is -0.840. The maximum atomic E-state index is 10.0. The first-order chi connectivity index (χ1) is 5.06. The van der Waals surface area contributed by atoms with E-state index >= 15 is 0 Å². The molecule has 0 aliphatic rings. The molecule has 0 heterocycles. The first-order valence-electron chi connectivity index (χ1n) is 4.16. The molecule has 4 heteroatoms. The van der Waals surface area contributed by atoms with E-state index in [1.807, 2.05) is 13.8 Å². The van der Waals surface area contributed by atoms with Gasteiger partial charge in [-0.25, -0.2) is 0 Å². The van der Waals surface area contributed by atoms with Gasteiger partial charge in [-0.2, -0.15) is 0 Å². The van der Waals surface area contributed by atoms with Crippen molar-refractivity contribution in [2.75, 3.05) is 27.0 Å². The molecule has 0 aromatic rings. The van der Waals surface area contributed by atoms with Gasteiger partial charge in [0.2, 0.25) is 0 Å². The maximum Gasteiger partial charge on any atom is 0.129 e. The highest BCUT2D eigenvalue weighted by Crippen LogP contribution is 2.31. The van der Waals surface area contributed by atoms with Gasteiger partial charge in [0, 0.05) is 0 Å². The number of hydrogen-bond acceptors (Lipinski definition) is 1. The van der Waals surface area contributed by atoms with Gasteiger partial charge in [0.1, 0.15) is 11.1 Å². The lowest BCUT2D eigenvalue weighted by Crippen LogP contribution is -3.00. The lowest BCUT2D eigenvalue weighted by atomic mass is 9.83. The molecule has 0 rings (SSSR count). The number of hydrogen-bond donors (Lipinski definition) is 1. The summed E-state index contributed by atoms with van der Waals surface area (Å²) in [4.78, 5) is 0. The molecule has 0 saturated carbocycles. The Bertz CT molecular complexity index is 161. The van der Waals surface area contributed by atoms with E-state index in [2.05, 4.69) is 21.1 Å². The number of quaternary nitrogens is 1. The van der Waals surface area contributed by atoms with E-state index in [0.29, 0.717) is 4.48 Å². The molecule has 0 amide bonds. The van der Waals surface area contributed by atoms with Crippen molar-refractivity contribution in [3.8, 4) is 0 Å². The van der Waals surface area contributed by atoms with Gasteiger partial charge in [-0.15, -0.1) is 11.6 Å². The summed E-state index contributed by atoms with van der Waals surface area (Å²) >= 11 is 5.72. The van der Waals surface area contributed by atoms with Crippen LogP contribution in [-0.2, 0) is 0 Å². The summed E-state index contributed by atoms with van der Waals surface area (Å²) in [5.74, 6) is 0.259. The van der Waals surface area contributed by atoms with Gasteiger partial charge in [0.25, 0.3) is 0 Å². The quantitative estimate of drug-likeness (QED) is 0.460. The van der Waals surface area contributed by atoms with E-state index in [-0.39, 0.29) is 23.8 Å². The molecule has 0 spiro atoms. The highest BCUT2D eigenvalue weighted by atomic mass is 35.5. The summed E-state index contributed by atoms with van der Waals surface area (Å²) in [6.45, 7) is 5.83. The number of aliphatic hydroxyl groups is 1. The van der Waals surface area contributed by atoms with Crippen LogP contribution in [-0.4, -0.2) is 47.8 Å². The Kier molecular flexibility index (Phi) is 5.33. The highest BCUT2D eigenvalue weighted by Gasteiger charge is 2.48. The molecular weight excluding hydrogens is 209 g/mol. The van der Waals surface area contributed by atoms with Crippen LogP contribution in [0, 0.1) is 0 Å². The number of halogens is 2. The molecule has 0 aromatic carbocycles. The molecule has 2 nitrogen and oxygen atoms in total. The first-order valence-corrected chi connectivity index (χ1v) is 4.69. The Labute approximate surface area is 92.9 Å². The van der Waals surface area contributed by atoms with Crippen LogP contribution < -0.4 is 12.4 Å². The van der Waals surface area contributed by atoms with Crippen LogP contribution in [0.5, 0.6) is 0 Å². The fourth-order valence-electron chi connectivity index (χ4n) is 0.886. The normalized spacial score (nSPS) is 17.5. The van der Waals surface area contributed by atoms with Gasteiger partial charge < -0.3 is 22.0 Å². The van der Waals surface area contributed by atoms with Crippen molar-refractivity contribution in [2.24, 2.45) is 0 Å². The van der Waals surface area contributed by atoms with E-state index < -0.39 is 5.60 Å². The predicted molar refractivity (Wildman–Crippen MR) is 53.5 cm³/mol. The molecule has 1 N–H and O–H groups in total. The van der Waals surface area contributed by atoms with Crippen LogP contribution in [0.4, 0.5) is 0 Å². The Morgan fingerprint density at radius 2 is 1.46 bits per heavy atom. The van der Waals surface area contributed by atoms with Gasteiger partial charge in [-0.3, -0.25) is 0 Å². The molecule has 1 unspecified atom stereocenters. The van der Waals surface area contributed by atoms with Gasteiger partial charge in [-0.05, 0) is 20.8 Å². The minimum absolute atomic E-state index is 0. The molecule has 0 aliphatic carbocycles. The maximum absolute atomic E-state index is 10.0. The third-order valence-electron chi connectivity index (χ3n) is 3.26. The zero-order chi connectivity index (χ0) is 10.2. The molecule has 82 valence electrons. The Hall–Kier alpha value is 0.500. The Morgan fingerprint density at radius 1 is 1.15 bits per heavy atom. The molecule has 0 fully saturated rings. The first kappa shape index (κ1) is 15.9. The van der Waals surface area contributed by atoms with E-state index in [0.717, 1.165) is 0 Å². The number of alkyl halides is 1. The summed E-state index contributed by atoms with van der Waals surface area (Å²) in [7, 11) is 6.17. The van der Waals surface area contributed by atoms with Crippen LogP contribution in [0.3, 0.4) is 0 Å². The van der Waals surface area contributed by atoms with Crippen molar-refractivity contribution in [3.63, 3.8) is 0 Å². The molecule has 0 saturated heterocycles. The van der Waals surface area contributed by atoms with Crippen molar-refractivity contribution in [1.29, 1.82) is 0 Å². The second kappa shape index (κ2) is 4.35. The second-order valence-electron chi connectivity index (χ2n) is 4.98. The monoisotopic (exact) mass is 229 g/mol. The smallest absolute Gasteiger partial charge is 0.129 e. The van der Waals surface area contributed by atoms with Crippen molar-refractivity contribution in [2.45, 2.75) is 31.9 Å². The summed E-state index contributed by atoms with van der Waals surface area (Å²) in [6, 6.07) is 0. The zero-order valence-corrected chi connectivity index (χ0v) is 10.9. The summed E-state index contributed by atoms with van der Waals surface area (Å²) in [6.07, 6.45) is 0. The molecule has 0 aromatic heterocycles. The molecule has 1 atom stereocenters. The predicted octanol–water partition coefficient (Wildman–Crippen LogP) is -1.53. The van der Waals surface area contributed by atoms with Crippen molar-refractivity contribution in [1.82, 2.24) is 0 Å². The van der Waals surface area contributed by atoms with Crippen LogP contribution >= 0.6 is 11.6 Å². The lowest BCUT2D eigenvalue weighted by molar-refractivity contribution is -0.927. The zero-order valence-electron chi connectivity index (χ0n) is 9.36. The van der Waals surface area contributed by atoms with Crippen LogP contribution in [0.15, 0.2) is 0 Å². The highest BCUT2D eigenvalue weighted by molar-refractivity contribution is 6.18. The number of likely N-dealkylation sites (N-methyl/N-ethyl adjacent to an activating group) is 1. The SMILES string of the molecule is CC(O)(CCl)C(C)(C)[N+](C)(C)C.[Cl-]. The van der Waals surface area contributed by atoms with Gasteiger partial charge in [-0.1, -0.05) is 0 Å². The largest absolute Gasteiger partial charge is 1.00 e. The van der Waals surface area contributed by atoms with Crippen molar-refractivity contribution < 1.29 is 22.0 Å². The number of nitrogens with zero attached hydrogens (tertiary/aromatic N) is 1. The summed E-state index contributed by atoms with van der Waals surface area (Å²) in [5.41, 5.74) is -1.10. The van der Waals surface area contributed by atoms with Crippen LogP contribution in [0.1, 0.15) is 20.8 Å². The van der Waals surface area contributed by atoms with Crippen LogP contribution in [0.25, 0.3) is 0 Å². The van der Waals surface area contributed by atoms with Gasteiger partial charge in [0.15, 0.2) is 0 Å². The van der Waals surface area contributed by atoms with Crippen LogP contribution in [0.2, 0.25) is 0 Å². The van der Waals surface area contributed by atoms with Gasteiger partial charge in [0.05, 0.1) is 27.0 Å². The molecule has 13 heavy (non-hydrogen) atoms. The molecular formula is C9H21Cl2NO. The second-order valence-corrected chi connectivity index (χ2v) is 5.25. The van der Waals surface area contributed by atoms with E-state index in [1.54, 1.807) is 6.92 Å². The Balaban J connectivity index is 0. The van der Waals surface area contributed by atoms with E-state index in [1.165, 1.54) is 0 Å². The van der Waals surface area contributed by atoms with E-state index in [9.17, 15) is 5.11 Å². The summed E-state index contributed by atoms with van der Waals surface area (Å²) < 4.78 is 0.687. The average Bonchev–Trinajstić information content (AvgIpc) is 1.85. The topological polar surface area (TPSA) is 20.2 Å². The molecule has 0 bridgehead atoms. The number of rotatable bonds is 3. The third kappa shape index (κ3) is 2.98. The molecule has 0 aliphatic heterocycles. The standard InChI is InChI=1S/C9H21ClNO.ClH/c1-8(2,11(4,5)6)9(3,12)7-10;/h12H,7H2,1-6H3;1H/q+1;/p-1. The summed E-state index contributed by atoms with van der Waals surface area (Å²) in [5, 5.41) is 10.0.